The van der Waals surface area contributed by atoms with E-state index < -0.39 is 0 Å². The monoisotopic (exact) mass is 276 g/mol. The summed E-state index contributed by atoms with van der Waals surface area (Å²) in [6, 6.07) is 9.43. The molecule has 0 bridgehead atoms. The van der Waals surface area contributed by atoms with Gasteiger partial charge in [0.1, 0.15) is 11.5 Å². The van der Waals surface area contributed by atoms with Gasteiger partial charge in [-0.2, -0.15) is 0 Å². The summed E-state index contributed by atoms with van der Waals surface area (Å²) in [6.45, 7) is 3.88. The Morgan fingerprint density at radius 3 is 2.74 bits per heavy atom. The van der Waals surface area contributed by atoms with Crippen LogP contribution in [0.5, 0.6) is 11.5 Å². The Morgan fingerprint density at radius 2 is 2.11 bits per heavy atom. The molecule has 0 aliphatic carbocycles. The normalized spacial score (nSPS) is 12.2. The van der Waals surface area contributed by atoms with Gasteiger partial charge in [-0.25, -0.2) is 0 Å². The number of aryl methyl sites for hydroxylation is 1. The Kier molecular flexibility index (Phi) is 4.40. The number of nitrogens with two attached hydrogens (primary N) is 1. The first-order valence-electron chi connectivity index (χ1n) is 6.19. The van der Waals surface area contributed by atoms with Gasteiger partial charge in [-0.05, 0) is 44.5 Å². The molecule has 0 spiro atoms. The van der Waals surface area contributed by atoms with Gasteiger partial charge in [-0.15, -0.1) is 0 Å². The molecule has 1 unspecified atom stereocenters. The van der Waals surface area contributed by atoms with Crippen molar-refractivity contribution in [2.24, 2.45) is 5.73 Å². The zero-order valence-electron chi connectivity index (χ0n) is 11.1. The lowest BCUT2D eigenvalue weighted by molar-refractivity contribution is 0.471. The van der Waals surface area contributed by atoms with E-state index in [4.69, 9.17) is 22.1 Å². The molecule has 2 N–H and O–H groups in total. The van der Waals surface area contributed by atoms with Gasteiger partial charge in [0.05, 0.1) is 6.20 Å². The van der Waals surface area contributed by atoms with Crippen molar-refractivity contribution in [3.05, 3.63) is 52.8 Å². The lowest BCUT2D eigenvalue weighted by Gasteiger charge is -2.14. The smallest absolute Gasteiger partial charge is 0.145 e. The number of hydrogen-bond donors (Lipinski definition) is 1. The van der Waals surface area contributed by atoms with Crippen LogP contribution in [0, 0.1) is 6.92 Å². The van der Waals surface area contributed by atoms with Gasteiger partial charge in [0.15, 0.2) is 0 Å². The maximum atomic E-state index is 6.21. The highest BCUT2D eigenvalue weighted by atomic mass is 35.5. The Bertz CT molecular complexity index is 553. The average molecular weight is 277 g/mol. The molecule has 0 saturated carbocycles. The van der Waals surface area contributed by atoms with Crippen LogP contribution >= 0.6 is 11.6 Å². The van der Waals surface area contributed by atoms with Gasteiger partial charge < -0.3 is 10.5 Å². The van der Waals surface area contributed by atoms with Crippen LogP contribution in [-0.2, 0) is 6.42 Å². The van der Waals surface area contributed by atoms with Gasteiger partial charge in [-0.1, -0.05) is 17.7 Å². The van der Waals surface area contributed by atoms with Gasteiger partial charge in [0, 0.05) is 22.3 Å². The third-order valence-corrected chi connectivity index (χ3v) is 3.07. The molecule has 0 fully saturated rings. The van der Waals surface area contributed by atoms with Gasteiger partial charge >= 0.3 is 0 Å². The maximum Gasteiger partial charge on any atom is 0.145 e. The second-order valence-corrected chi connectivity index (χ2v) is 5.04. The van der Waals surface area contributed by atoms with Crippen LogP contribution in [0.3, 0.4) is 0 Å². The molecule has 1 aromatic heterocycles. The molecular formula is C15H17ClN2O. The molecule has 4 heteroatoms. The Morgan fingerprint density at radius 1 is 1.32 bits per heavy atom. The number of pyridine rings is 1. The lowest BCUT2D eigenvalue weighted by atomic mass is 10.1. The highest BCUT2D eigenvalue weighted by Crippen LogP contribution is 2.31. The molecule has 1 heterocycles. The van der Waals surface area contributed by atoms with E-state index in [1.807, 2.05) is 44.2 Å². The molecule has 0 aliphatic heterocycles. The van der Waals surface area contributed by atoms with E-state index in [1.54, 1.807) is 6.20 Å². The molecule has 100 valence electrons. The molecule has 0 amide bonds. The molecule has 1 atom stereocenters. The summed E-state index contributed by atoms with van der Waals surface area (Å²) in [5, 5.41) is 0.676. The molecule has 2 aromatic rings. The standard InChI is InChI=1S/C15H17ClN2O/c1-10(17)8-13-14(16)4-3-5-15(13)19-12-7-6-11(2)18-9-12/h3-7,9-10H,8,17H2,1-2H3. The summed E-state index contributed by atoms with van der Waals surface area (Å²) < 4.78 is 5.84. The summed E-state index contributed by atoms with van der Waals surface area (Å²) in [6.07, 6.45) is 2.38. The van der Waals surface area contributed by atoms with E-state index in [0.29, 0.717) is 17.2 Å². The third kappa shape index (κ3) is 3.69. The van der Waals surface area contributed by atoms with Crippen molar-refractivity contribution in [2.75, 3.05) is 0 Å². The van der Waals surface area contributed by atoms with E-state index in [0.717, 1.165) is 17.0 Å². The minimum atomic E-state index is 0.0263. The Hall–Kier alpha value is -1.58. The quantitative estimate of drug-likeness (QED) is 0.926. The lowest BCUT2D eigenvalue weighted by Crippen LogP contribution is -2.18. The summed E-state index contributed by atoms with van der Waals surface area (Å²) >= 11 is 6.21. The molecule has 2 rings (SSSR count). The number of aromatic nitrogens is 1. The SMILES string of the molecule is Cc1ccc(Oc2cccc(Cl)c2CC(C)N)cn1. The highest BCUT2D eigenvalue weighted by Gasteiger charge is 2.11. The fourth-order valence-electron chi connectivity index (χ4n) is 1.80. The van der Waals surface area contributed by atoms with Gasteiger partial charge in [0.2, 0.25) is 0 Å². The topological polar surface area (TPSA) is 48.1 Å². The van der Waals surface area contributed by atoms with Crippen molar-refractivity contribution in [1.29, 1.82) is 0 Å². The van der Waals surface area contributed by atoms with Crippen molar-refractivity contribution in [3.63, 3.8) is 0 Å². The van der Waals surface area contributed by atoms with Crippen LogP contribution in [0.25, 0.3) is 0 Å². The summed E-state index contributed by atoms with van der Waals surface area (Å²) in [5.41, 5.74) is 7.73. The predicted octanol–water partition coefficient (Wildman–Crippen LogP) is 3.73. The van der Waals surface area contributed by atoms with Crippen LogP contribution < -0.4 is 10.5 Å². The molecule has 19 heavy (non-hydrogen) atoms. The van der Waals surface area contributed by atoms with Crippen LogP contribution in [-0.4, -0.2) is 11.0 Å². The minimum absolute atomic E-state index is 0.0263. The maximum absolute atomic E-state index is 6.21. The number of rotatable bonds is 4. The first-order valence-corrected chi connectivity index (χ1v) is 6.57. The first kappa shape index (κ1) is 13.8. The third-order valence-electron chi connectivity index (χ3n) is 2.71. The van der Waals surface area contributed by atoms with Crippen LogP contribution in [0.2, 0.25) is 5.02 Å². The highest BCUT2D eigenvalue weighted by molar-refractivity contribution is 6.31. The zero-order chi connectivity index (χ0) is 13.8. The number of nitrogens with zero attached hydrogens (tertiary/aromatic N) is 1. The Labute approximate surface area is 118 Å². The number of hydrogen-bond acceptors (Lipinski definition) is 3. The summed E-state index contributed by atoms with van der Waals surface area (Å²) in [4.78, 5) is 4.21. The van der Waals surface area contributed by atoms with Crippen LogP contribution in [0.4, 0.5) is 0 Å². The van der Waals surface area contributed by atoms with E-state index in [2.05, 4.69) is 4.98 Å². The van der Waals surface area contributed by atoms with Gasteiger partial charge in [0.25, 0.3) is 0 Å². The zero-order valence-corrected chi connectivity index (χ0v) is 11.8. The summed E-state index contributed by atoms with van der Waals surface area (Å²) in [7, 11) is 0. The van der Waals surface area contributed by atoms with E-state index in [1.165, 1.54) is 0 Å². The molecule has 0 aliphatic rings. The Balaban J connectivity index is 2.29. The second-order valence-electron chi connectivity index (χ2n) is 4.64. The molecular weight excluding hydrogens is 260 g/mol. The van der Waals surface area contributed by atoms with Crippen molar-refractivity contribution in [1.82, 2.24) is 4.98 Å². The number of ether oxygens (including phenoxy) is 1. The van der Waals surface area contributed by atoms with Crippen molar-refractivity contribution in [2.45, 2.75) is 26.3 Å². The van der Waals surface area contributed by atoms with E-state index in [9.17, 15) is 0 Å². The average Bonchev–Trinajstić information content (AvgIpc) is 2.36. The first-order chi connectivity index (χ1) is 9.06. The predicted molar refractivity (Wildman–Crippen MR) is 77.9 cm³/mol. The molecule has 3 nitrogen and oxygen atoms in total. The van der Waals surface area contributed by atoms with Crippen molar-refractivity contribution < 1.29 is 4.74 Å². The van der Waals surface area contributed by atoms with Crippen LogP contribution in [0.1, 0.15) is 18.2 Å². The van der Waals surface area contributed by atoms with Crippen LogP contribution in [0.15, 0.2) is 36.5 Å². The summed E-state index contributed by atoms with van der Waals surface area (Å²) in [5.74, 6) is 1.43. The van der Waals surface area contributed by atoms with E-state index in [-0.39, 0.29) is 6.04 Å². The fourth-order valence-corrected chi connectivity index (χ4v) is 2.04. The molecule has 1 aromatic carbocycles. The van der Waals surface area contributed by atoms with Crippen molar-refractivity contribution >= 4 is 11.6 Å². The second kappa shape index (κ2) is 6.04. The fraction of sp³-hybridized carbons (Fsp3) is 0.267. The number of benzene rings is 1. The van der Waals surface area contributed by atoms with Crippen molar-refractivity contribution in [3.8, 4) is 11.5 Å². The van der Waals surface area contributed by atoms with Gasteiger partial charge in [-0.3, -0.25) is 4.98 Å². The molecule has 0 saturated heterocycles. The number of halogens is 1. The largest absolute Gasteiger partial charge is 0.455 e. The van der Waals surface area contributed by atoms with E-state index >= 15 is 0 Å². The minimum Gasteiger partial charge on any atom is -0.455 e. The molecule has 0 radical (unpaired) electrons.